The van der Waals surface area contributed by atoms with Gasteiger partial charge in [0.15, 0.2) is 6.61 Å². The van der Waals surface area contributed by atoms with Crippen LogP contribution < -0.4 is 5.32 Å². The molecule has 1 aromatic heterocycles. The van der Waals surface area contributed by atoms with Crippen LogP contribution >= 0.6 is 27.7 Å². The maximum atomic E-state index is 12.0. The molecule has 1 heterocycles. The number of halogens is 1. The fourth-order valence-electron chi connectivity index (χ4n) is 2.42. The third-order valence-electron chi connectivity index (χ3n) is 3.76. The number of aromatic nitrogens is 1. The monoisotopic (exact) mass is 460 g/mol. The molecule has 0 atom stereocenters. The average molecular weight is 461 g/mol. The topological polar surface area (TPSA) is 81.4 Å². The Morgan fingerprint density at radius 2 is 1.68 bits per heavy atom. The summed E-state index contributed by atoms with van der Waals surface area (Å²) in [6, 6.07) is 15.5. The van der Waals surface area contributed by atoms with E-state index >= 15 is 0 Å². The first-order valence-corrected chi connectivity index (χ1v) is 9.96. The molecule has 28 heavy (non-hydrogen) atoms. The van der Waals surface area contributed by atoms with Crippen LogP contribution in [0.5, 0.6) is 0 Å². The zero-order valence-electron chi connectivity index (χ0n) is 15.2. The smallest absolute Gasteiger partial charge is 0.344 e. The Morgan fingerprint density at radius 1 is 1.07 bits per heavy atom. The van der Waals surface area contributed by atoms with Crippen LogP contribution in [-0.2, 0) is 9.53 Å². The second kappa shape index (κ2) is 9.07. The van der Waals surface area contributed by atoms with Gasteiger partial charge in [0.05, 0.1) is 5.69 Å². The third-order valence-corrected chi connectivity index (χ3v) is 5.30. The summed E-state index contributed by atoms with van der Waals surface area (Å²) < 4.78 is 11.0. The molecule has 1 N–H and O–H groups in total. The van der Waals surface area contributed by atoms with Gasteiger partial charge in [-0.3, -0.25) is 4.79 Å². The van der Waals surface area contributed by atoms with Gasteiger partial charge in [0.2, 0.25) is 0 Å². The highest BCUT2D eigenvalue weighted by molar-refractivity contribution is 9.10. The number of aryl methyl sites for hydroxylation is 2. The van der Waals surface area contributed by atoms with Crippen molar-refractivity contribution in [2.24, 2.45) is 0 Å². The van der Waals surface area contributed by atoms with E-state index in [-0.39, 0.29) is 5.56 Å². The summed E-state index contributed by atoms with van der Waals surface area (Å²) in [4.78, 5) is 26.2. The van der Waals surface area contributed by atoms with Crippen molar-refractivity contribution in [2.75, 3.05) is 11.9 Å². The van der Waals surface area contributed by atoms with Crippen molar-refractivity contribution in [2.45, 2.75) is 23.6 Å². The molecule has 3 rings (SSSR count). The van der Waals surface area contributed by atoms with E-state index in [1.165, 1.54) is 0 Å². The highest BCUT2D eigenvalue weighted by atomic mass is 79.9. The quantitative estimate of drug-likeness (QED) is 0.521. The molecule has 0 fully saturated rings. The van der Waals surface area contributed by atoms with Gasteiger partial charge in [-0.2, -0.15) is 0 Å². The number of anilines is 1. The summed E-state index contributed by atoms with van der Waals surface area (Å²) in [5.41, 5.74) is 1.31. The molecule has 0 aliphatic rings. The number of nitrogens with zero attached hydrogens (tertiary/aromatic N) is 1. The summed E-state index contributed by atoms with van der Waals surface area (Å²) in [7, 11) is 0. The van der Waals surface area contributed by atoms with Crippen molar-refractivity contribution in [3.63, 3.8) is 0 Å². The first-order chi connectivity index (χ1) is 13.4. The minimum atomic E-state index is -0.632. The Kier molecular flexibility index (Phi) is 6.53. The van der Waals surface area contributed by atoms with E-state index in [9.17, 15) is 9.59 Å². The lowest BCUT2D eigenvalue weighted by molar-refractivity contribution is -0.119. The van der Waals surface area contributed by atoms with E-state index in [1.807, 2.05) is 36.4 Å². The van der Waals surface area contributed by atoms with Gasteiger partial charge >= 0.3 is 5.97 Å². The highest BCUT2D eigenvalue weighted by Gasteiger charge is 2.19. The van der Waals surface area contributed by atoms with Crippen LogP contribution in [-0.4, -0.2) is 23.6 Å². The number of hydrogen-bond donors (Lipinski definition) is 1. The first kappa shape index (κ1) is 20.2. The third kappa shape index (κ3) is 5.24. The van der Waals surface area contributed by atoms with E-state index in [0.29, 0.717) is 17.1 Å². The van der Waals surface area contributed by atoms with Crippen LogP contribution in [0.15, 0.2) is 67.3 Å². The maximum Gasteiger partial charge on any atom is 0.344 e. The zero-order valence-corrected chi connectivity index (χ0v) is 17.6. The number of carbonyl (C=O) groups excluding carboxylic acids is 2. The number of benzene rings is 2. The Labute approximate surface area is 174 Å². The molecule has 0 aliphatic heterocycles. The van der Waals surface area contributed by atoms with Crippen molar-refractivity contribution in [1.82, 2.24) is 5.16 Å². The fraction of sp³-hybridized carbons (Fsp3) is 0.150. The molecule has 8 heteroatoms. The average Bonchev–Trinajstić information content (AvgIpc) is 3.01. The Bertz CT molecular complexity index is 965. The predicted molar refractivity (Wildman–Crippen MR) is 110 cm³/mol. The van der Waals surface area contributed by atoms with Crippen LogP contribution in [0.25, 0.3) is 0 Å². The standard InChI is InChI=1S/C20H17BrN2O4S/c1-12-19(13(2)27-23-12)20(25)26-11-18(24)22-15-5-9-17(10-6-15)28-16-7-3-14(21)4-8-16/h3-10H,11H2,1-2H3,(H,22,24). The molecule has 0 radical (unpaired) electrons. The molecular weight excluding hydrogens is 444 g/mol. The molecule has 6 nitrogen and oxygen atoms in total. The largest absolute Gasteiger partial charge is 0.452 e. The number of carbonyl (C=O) groups is 2. The molecule has 0 saturated heterocycles. The maximum absolute atomic E-state index is 12.0. The van der Waals surface area contributed by atoms with Crippen LogP contribution in [0, 0.1) is 13.8 Å². The molecule has 0 aliphatic carbocycles. The van der Waals surface area contributed by atoms with Crippen molar-refractivity contribution in [3.8, 4) is 0 Å². The van der Waals surface area contributed by atoms with Crippen LogP contribution in [0.1, 0.15) is 21.8 Å². The van der Waals surface area contributed by atoms with Crippen molar-refractivity contribution >= 4 is 45.3 Å². The van der Waals surface area contributed by atoms with E-state index in [0.717, 1.165) is 14.3 Å². The van der Waals surface area contributed by atoms with Crippen molar-refractivity contribution < 1.29 is 18.8 Å². The molecule has 144 valence electrons. The van der Waals surface area contributed by atoms with Gasteiger partial charge in [-0.25, -0.2) is 4.79 Å². The number of ether oxygens (including phenoxy) is 1. The van der Waals surface area contributed by atoms with E-state index in [2.05, 4.69) is 26.4 Å². The summed E-state index contributed by atoms with van der Waals surface area (Å²) in [6.45, 7) is 2.86. The Morgan fingerprint density at radius 3 is 2.25 bits per heavy atom. The van der Waals surface area contributed by atoms with Crippen LogP contribution in [0.2, 0.25) is 0 Å². The number of nitrogens with one attached hydrogen (secondary N) is 1. The number of rotatable bonds is 6. The van der Waals surface area contributed by atoms with Crippen LogP contribution in [0.4, 0.5) is 5.69 Å². The lowest BCUT2D eigenvalue weighted by Gasteiger charge is -2.07. The summed E-state index contributed by atoms with van der Waals surface area (Å²) in [5, 5.41) is 6.39. The van der Waals surface area contributed by atoms with E-state index < -0.39 is 18.5 Å². The van der Waals surface area contributed by atoms with Gasteiger partial charge in [0.25, 0.3) is 5.91 Å². The van der Waals surface area contributed by atoms with Gasteiger partial charge in [0, 0.05) is 20.0 Å². The predicted octanol–water partition coefficient (Wildman–Crippen LogP) is 5.00. The molecule has 0 spiro atoms. The molecule has 2 aromatic carbocycles. The molecule has 0 saturated carbocycles. The minimum Gasteiger partial charge on any atom is -0.452 e. The Hall–Kier alpha value is -2.58. The zero-order chi connectivity index (χ0) is 20.1. The molecule has 0 bridgehead atoms. The van der Waals surface area contributed by atoms with E-state index in [1.54, 1.807) is 37.7 Å². The Balaban J connectivity index is 1.51. The van der Waals surface area contributed by atoms with Crippen molar-refractivity contribution in [3.05, 3.63) is 70.0 Å². The second-order valence-electron chi connectivity index (χ2n) is 5.90. The number of esters is 1. The normalized spacial score (nSPS) is 10.5. The SMILES string of the molecule is Cc1noc(C)c1C(=O)OCC(=O)Nc1ccc(Sc2ccc(Br)cc2)cc1. The van der Waals surface area contributed by atoms with Gasteiger partial charge in [-0.15, -0.1) is 0 Å². The van der Waals surface area contributed by atoms with E-state index in [4.69, 9.17) is 9.26 Å². The number of hydrogen-bond acceptors (Lipinski definition) is 6. The second-order valence-corrected chi connectivity index (χ2v) is 7.97. The number of amides is 1. The van der Waals surface area contributed by atoms with Crippen LogP contribution in [0.3, 0.4) is 0 Å². The first-order valence-electron chi connectivity index (χ1n) is 8.35. The molecular formula is C20H17BrN2O4S. The minimum absolute atomic E-state index is 0.252. The lowest BCUT2D eigenvalue weighted by Crippen LogP contribution is -2.21. The molecule has 1 amide bonds. The summed E-state index contributed by atoms with van der Waals surface area (Å²) in [5.74, 6) is -0.692. The summed E-state index contributed by atoms with van der Waals surface area (Å²) >= 11 is 5.04. The summed E-state index contributed by atoms with van der Waals surface area (Å²) in [6.07, 6.45) is 0. The molecule has 0 unspecified atom stereocenters. The van der Waals surface area contributed by atoms with Gasteiger partial charge in [-0.1, -0.05) is 32.8 Å². The molecule has 3 aromatic rings. The van der Waals surface area contributed by atoms with Crippen molar-refractivity contribution in [1.29, 1.82) is 0 Å². The van der Waals surface area contributed by atoms with Gasteiger partial charge in [0.1, 0.15) is 11.3 Å². The van der Waals surface area contributed by atoms with Gasteiger partial charge in [-0.05, 0) is 62.4 Å². The fourth-order valence-corrected chi connectivity index (χ4v) is 3.50. The lowest BCUT2D eigenvalue weighted by atomic mass is 10.2. The highest BCUT2D eigenvalue weighted by Crippen LogP contribution is 2.29. The van der Waals surface area contributed by atoms with Gasteiger partial charge < -0.3 is 14.6 Å².